The number of aromatic hydroxyl groups is 1. The van der Waals surface area contributed by atoms with E-state index in [1.54, 1.807) is 30.3 Å². The smallest absolute Gasteiger partial charge is 0.306 e. The summed E-state index contributed by atoms with van der Waals surface area (Å²) in [7, 11) is 0. The number of aliphatic imine (C=N–C) groups is 1. The zero-order valence-electron chi connectivity index (χ0n) is 62.9. The highest BCUT2D eigenvalue weighted by Gasteiger charge is 2.42. The Morgan fingerprint density at radius 2 is 1.17 bits per heavy atom. The molecule has 0 bridgehead atoms. The number of Topliss-reactive ketones (excluding diaryl/α,β-unsaturated/α-hetero) is 3. The van der Waals surface area contributed by atoms with Gasteiger partial charge in [-0.25, -0.2) is 0 Å². The molecule has 1 saturated heterocycles. The molecule has 16 N–H and O–H groups in total. The number of hydrogen-bond donors (Lipinski definition) is 13. The fourth-order valence-corrected chi connectivity index (χ4v) is 13.1. The molecule has 0 spiro atoms. The topological polar surface area (TPSA) is 470 Å². The highest BCUT2D eigenvalue weighted by molar-refractivity contribution is 6.24. The van der Waals surface area contributed by atoms with E-state index in [1.165, 1.54) is 24.3 Å². The number of allylic oxidation sites excluding steroid dienone is 3. The van der Waals surface area contributed by atoms with Crippen LogP contribution in [0.2, 0.25) is 0 Å². The molecule has 29 nitrogen and oxygen atoms in total. The molecule has 1 heterocycles. The number of phenolic OH excluding ortho intramolecular Hbond substituents is 1. The Hall–Kier alpha value is -9.22. The number of carboxylic acid groups (broad SMARTS) is 1. The van der Waals surface area contributed by atoms with Gasteiger partial charge in [0.1, 0.15) is 60.4 Å². The zero-order valence-corrected chi connectivity index (χ0v) is 62.9. The van der Waals surface area contributed by atoms with E-state index in [1.807, 2.05) is 55.4 Å². The predicted octanol–water partition coefficient (Wildman–Crippen LogP) is 4.98. The molecule has 3 aliphatic rings. The van der Waals surface area contributed by atoms with Crippen molar-refractivity contribution in [2.24, 2.45) is 44.9 Å². The molecule has 2 aromatic carbocycles. The number of aliphatic hydroxyl groups excluding tert-OH is 1. The lowest BCUT2D eigenvalue weighted by Crippen LogP contribution is -2.60. The van der Waals surface area contributed by atoms with Crippen LogP contribution >= 0.6 is 0 Å². The number of likely N-dealkylation sites (tertiary alicyclic amines) is 1. The number of nitrogens with two attached hydrogens (primary N) is 3. The van der Waals surface area contributed by atoms with E-state index in [0.29, 0.717) is 93.4 Å². The molecule has 106 heavy (non-hydrogen) atoms. The standard InChI is InChI=1S/C77H114N12O17/c1-46(2)37-56(68-63(93)43-77(7,8)44-64(68)94)82-50-25-21-49(22-26-50)45-106-67(98)30-29-55(83-65(95)20-10-9-13-32-78)71(101)87-58(39-48-23-27-51(90)28-24-48)73(103)88-59(40-66(96)97)75(105)89-36-16-19-60(89)74(104)85-54(18-11-14-33-79)70(100)86-57(38-47(3)4)72(102)84-53(69(80)99)17-12-15-34-81-35-31-52-61(91)41-76(5,6)42-62(52)92/h21-28,31,46-47,53-55,57-60,81,90,93H,9-20,29-30,32-45,78-79H2,1-8H3,(H2,80,99)(H,83,95)(H,84,102)(H,85,104)(H,86,100)(H,87,101)(H,88,103)(H,96,97)/t53-,54+,55-,57-,58+,59+,60-/m0/s1. The summed E-state index contributed by atoms with van der Waals surface area (Å²) in [6, 6.07) is 2.48. The Bertz CT molecular complexity index is 3490. The maximum atomic E-state index is 14.7. The lowest BCUT2D eigenvalue weighted by Gasteiger charge is -2.31. The van der Waals surface area contributed by atoms with Crippen molar-refractivity contribution in [2.75, 3.05) is 32.7 Å². The first kappa shape index (κ1) is 87.4. The molecule has 584 valence electrons. The molecule has 0 aromatic heterocycles. The van der Waals surface area contributed by atoms with Crippen LogP contribution in [0.4, 0.5) is 5.69 Å². The van der Waals surface area contributed by atoms with Crippen LogP contribution in [-0.2, 0) is 80.1 Å². The van der Waals surface area contributed by atoms with Crippen LogP contribution in [-0.4, -0.2) is 177 Å². The molecular weight excluding hydrogens is 1360 g/mol. The molecule has 8 amide bonds. The van der Waals surface area contributed by atoms with Crippen molar-refractivity contribution in [3.63, 3.8) is 0 Å². The van der Waals surface area contributed by atoms with Crippen molar-refractivity contribution in [1.29, 1.82) is 0 Å². The van der Waals surface area contributed by atoms with Crippen molar-refractivity contribution in [1.82, 2.24) is 42.1 Å². The van der Waals surface area contributed by atoms with Crippen LogP contribution < -0.4 is 54.4 Å². The van der Waals surface area contributed by atoms with E-state index < -0.39 is 120 Å². The number of primary amides is 1. The van der Waals surface area contributed by atoms with E-state index in [9.17, 15) is 77.6 Å². The summed E-state index contributed by atoms with van der Waals surface area (Å²) in [4.78, 5) is 183. The van der Waals surface area contributed by atoms with Crippen LogP contribution in [0.5, 0.6) is 5.75 Å². The second-order valence-corrected chi connectivity index (χ2v) is 30.5. The Morgan fingerprint density at radius 3 is 1.78 bits per heavy atom. The van der Waals surface area contributed by atoms with Crippen molar-refractivity contribution in [3.8, 4) is 5.75 Å². The van der Waals surface area contributed by atoms with Gasteiger partial charge in [-0.15, -0.1) is 0 Å². The number of carbonyl (C=O) groups is 13. The highest BCUT2D eigenvalue weighted by atomic mass is 16.5. The average molecular weight is 1480 g/mol. The van der Waals surface area contributed by atoms with Crippen LogP contribution in [0.1, 0.15) is 201 Å². The number of nitrogens with one attached hydrogen (secondary N) is 7. The second-order valence-electron chi connectivity index (χ2n) is 30.5. The number of rotatable bonds is 44. The number of unbranched alkanes of at least 4 members (excludes halogenated alkanes) is 4. The number of nitrogens with zero attached hydrogens (tertiary/aromatic N) is 2. The molecule has 7 atom stereocenters. The van der Waals surface area contributed by atoms with E-state index in [0.717, 1.165) is 4.90 Å². The van der Waals surface area contributed by atoms with E-state index in [2.05, 4.69) is 37.2 Å². The van der Waals surface area contributed by atoms with Crippen LogP contribution in [0.15, 0.2) is 76.5 Å². The SMILES string of the molecule is CC(C)CC(=Nc1ccc(COC(=O)CC[C@H](NC(=O)CCCCCN)C(=O)N[C@H](Cc2ccc(O)cc2)C(=O)N[C@H](CC(=O)O)C(=O)N2CCC[C@H]2C(=O)N[C@H](CCCCN)C(=O)N[C@@H](CC(C)C)C(=O)N[C@@H](CCCCNCC=C2C(=O)CC(C)(C)CC2=O)C(N)=O)cc1)C1=C(O)CC(C)(C)CC1=O. The molecule has 1 saturated carbocycles. The summed E-state index contributed by atoms with van der Waals surface area (Å²) in [5.41, 5.74) is 18.8. The lowest BCUT2D eigenvalue weighted by molar-refractivity contribution is -0.146. The first-order chi connectivity index (χ1) is 50.1. The van der Waals surface area contributed by atoms with Gasteiger partial charge in [0.15, 0.2) is 17.3 Å². The number of benzene rings is 2. The number of hydrogen-bond acceptors (Lipinski definition) is 20. The fraction of sp³-hybridized carbons (Fsp3) is 0.610. The maximum absolute atomic E-state index is 14.7. The van der Waals surface area contributed by atoms with Crippen LogP contribution in [0.3, 0.4) is 0 Å². The summed E-state index contributed by atoms with van der Waals surface area (Å²) in [6.45, 7) is 16.3. The number of esters is 1. The fourth-order valence-electron chi connectivity index (χ4n) is 13.1. The molecule has 2 aromatic rings. The zero-order chi connectivity index (χ0) is 78.4. The largest absolute Gasteiger partial charge is 0.511 e. The Morgan fingerprint density at radius 1 is 0.613 bits per heavy atom. The quantitative estimate of drug-likeness (QED) is 0.0137. The lowest BCUT2D eigenvalue weighted by atomic mass is 9.74. The van der Waals surface area contributed by atoms with Gasteiger partial charge in [-0.3, -0.25) is 67.3 Å². The van der Waals surface area contributed by atoms with E-state index >= 15 is 0 Å². The highest BCUT2D eigenvalue weighted by Crippen LogP contribution is 2.38. The Balaban J connectivity index is 1.28. The van der Waals surface area contributed by atoms with E-state index in [4.69, 9.17) is 26.9 Å². The van der Waals surface area contributed by atoms with Crippen LogP contribution in [0, 0.1) is 22.7 Å². The summed E-state index contributed by atoms with van der Waals surface area (Å²) >= 11 is 0. The first-order valence-corrected chi connectivity index (χ1v) is 37.2. The number of phenols is 1. The number of aliphatic carboxylic acids is 1. The third-order valence-corrected chi connectivity index (χ3v) is 18.6. The first-order valence-electron chi connectivity index (χ1n) is 37.2. The molecular formula is C77H114N12O17. The van der Waals surface area contributed by atoms with Gasteiger partial charge in [0.05, 0.1) is 29.0 Å². The Labute approximate surface area is 621 Å². The van der Waals surface area contributed by atoms with Gasteiger partial charge in [-0.05, 0) is 161 Å². The number of aliphatic hydroxyl groups is 1. The van der Waals surface area contributed by atoms with Gasteiger partial charge in [0.25, 0.3) is 0 Å². The number of ether oxygens (including phenoxy) is 1. The molecule has 0 unspecified atom stereocenters. The molecule has 29 heteroatoms. The number of carbonyl (C=O) groups excluding carboxylic acids is 12. The van der Waals surface area contributed by atoms with Crippen molar-refractivity contribution in [2.45, 2.75) is 246 Å². The molecule has 2 aliphatic carbocycles. The van der Waals surface area contributed by atoms with E-state index in [-0.39, 0.29) is 154 Å². The van der Waals surface area contributed by atoms with Crippen molar-refractivity contribution in [3.05, 3.63) is 82.6 Å². The van der Waals surface area contributed by atoms with Gasteiger partial charge < -0.3 is 79.4 Å². The second kappa shape index (κ2) is 42.8. The number of carboxylic acids is 1. The van der Waals surface area contributed by atoms with Crippen molar-refractivity contribution < 1.29 is 82.4 Å². The van der Waals surface area contributed by atoms with Crippen molar-refractivity contribution >= 4 is 87.9 Å². The number of ketones is 3. The molecule has 0 radical (unpaired) electrons. The predicted molar refractivity (Wildman–Crippen MR) is 397 cm³/mol. The minimum Gasteiger partial charge on any atom is -0.511 e. The van der Waals surface area contributed by atoms with Gasteiger partial charge in [0.2, 0.25) is 47.3 Å². The normalized spacial score (nSPS) is 17.5. The van der Waals surface area contributed by atoms with Crippen LogP contribution in [0.25, 0.3) is 0 Å². The summed E-state index contributed by atoms with van der Waals surface area (Å²) in [5, 5.41) is 50.5. The molecule has 5 rings (SSSR count). The maximum Gasteiger partial charge on any atom is 0.306 e. The van der Waals surface area contributed by atoms with Gasteiger partial charge in [0, 0.05) is 58.0 Å². The molecule has 2 fully saturated rings. The monoisotopic (exact) mass is 1480 g/mol. The minimum absolute atomic E-state index is 0.00685. The van der Waals surface area contributed by atoms with Gasteiger partial charge >= 0.3 is 11.9 Å². The molecule has 1 aliphatic heterocycles. The third kappa shape index (κ3) is 29.6. The summed E-state index contributed by atoms with van der Waals surface area (Å²) in [6.07, 6.45) is 5.11. The summed E-state index contributed by atoms with van der Waals surface area (Å²) < 4.78 is 5.61. The minimum atomic E-state index is -1.85. The van der Waals surface area contributed by atoms with Gasteiger partial charge in [-0.1, -0.05) is 92.2 Å². The number of amides is 8. The summed E-state index contributed by atoms with van der Waals surface area (Å²) in [5.74, 6) is -9.63. The Kier molecular flexibility index (Phi) is 35.3. The third-order valence-electron chi connectivity index (χ3n) is 18.6. The average Bonchev–Trinajstić information content (AvgIpc) is 0.937. The van der Waals surface area contributed by atoms with Gasteiger partial charge in [-0.2, -0.15) is 0 Å².